The molecule has 0 aliphatic heterocycles. The van der Waals surface area contributed by atoms with Crippen LogP contribution in [0.1, 0.15) is 26.7 Å². The molecule has 0 fully saturated rings. The Balaban J connectivity index is 5.56. The van der Waals surface area contributed by atoms with Crippen LogP contribution in [0.3, 0.4) is 0 Å². The molecule has 2 unspecified atom stereocenters. The van der Waals surface area contributed by atoms with Gasteiger partial charge in [0.15, 0.2) is 0 Å². The van der Waals surface area contributed by atoms with Crippen LogP contribution in [-0.4, -0.2) is 48.6 Å². The summed E-state index contributed by atoms with van der Waals surface area (Å²) in [5, 5.41) is 0. The Kier molecular flexibility index (Phi) is 9.30. The Bertz CT molecular complexity index is 638. The van der Waals surface area contributed by atoms with E-state index in [2.05, 4.69) is 27.4 Å². The number of rotatable bonds is 12. The highest BCUT2D eigenvalue weighted by Gasteiger charge is 2.76. The van der Waals surface area contributed by atoms with E-state index in [1.807, 2.05) is 0 Å². The largest absolute Gasteiger partial charge is 0.462 e. The van der Waals surface area contributed by atoms with Gasteiger partial charge in [0.2, 0.25) is 0 Å². The predicted molar refractivity (Wildman–Crippen MR) is 81.6 cm³/mol. The van der Waals surface area contributed by atoms with E-state index >= 15 is 0 Å². The minimum atomic E-state index is -6.75. The van der Waals surface area contributed by atoms with E-state index in [4.69, 9.17) is 0 Å². The van der Waals surface area contributed by atoms with E-state index in [9.17, 15) is 61.5 Å². The van der Waals surface area contributed by atoms with Crippen molar-refractivity contribution in [2.45, 2.75) is 75.3 Å². The van der Waals surface area contributed by atoms with Gasteiger partial charge in [-0.3, -0.25) is 0 Å². The fraction of sp³-hybridized carbons (Fsp3) is 0.750. The minimum absolute atomic E-state index is 0.824. The van der Waals surface area contributed by atoms with Gasteiger partial charge in [0, 0.05) is 0 Å². The Hall–Kier alpha value is -1.78. The van der Waals surface area contributed by atoms with E-state index in [1.54, 1.807) is 0 Å². The molecule has 0 N–H and O–H groups in total. The Morgan fingerprint density at radius 1 is 0.576 bits per heavy atom. The van der Waals surface area contributed by atoms with Crippen molar-refractivity contribution in [1.82, 2.24) is 0 Å². The SMILES string of the molecule is C=C(OC(=C)C(CC)OC(F)(F)C(F)(F)C(F)(F)F)C(CC)OC(F)(F)C(F)(F)C(F)(F)F. The second-order valence-electron chi connectivity index (χ2n) is 6.24. The van der Waals surface area contributed by atoms with Gasteiger partial charge in [0.05, 0.1) is 0 Å². The van der Waals surface area contributed by atoms with Gasteiger partial charge < -0.3 is 14.2 Å². The molecular formula is C16H16F14O3. The summed E-state index contributed by atoms with van der Waals surface area (Å²) in [6, 6.07) is 0. The third kappa shape index (κ3) is 6.64. The third-order valence-electron chi connectivity index (χ3n) is 3.75. The number of hydrogen-bond donors (Lipinski definition) is 0. The molecule has 2 atom stereocenters. The number of halogens is 14. The van der Waals surface area contributed by atoms with Crippen LogP contribution in [0.25, 0.3) is 0 Å². The highest BCUT2D eigenvalue weighted by atomic mass is 19.4. The molecule has 0 aliphatic carbocycles. The maximum absolute atomic E-state index is 13.4. The van der Waals surface area contributed by atoms with Gasteiger partial charge in [0.1, 0.15) is 23.7 Å². The van der Waals surface area contributed by atoms with Crippen LogP contribution in [0, 0.1) is 0 Å². The maximum atomic E-state index is 13.4. The Labute approximate surface area is 176 Å². The summed E-state index contributed by atoms with van der Waals surface area (Å²) in [4.78, 5) is 0. The van der Waals surface area contributed by atoms with Crippen LogP contribution in [0.15, 0.2) is 24.7 Å². The van der Waals surface area contributed by atoms with Crippen molar-refractivity contribution in [1.29, 1.82) is 0 Å². The standard InChI is InChI=1S/C16H16F14O3/c1-5-9(32-15(27,28)11(17,18)13(21,22)23)7(3)31-8(4)10(6-2)33-16(29,30)12(19,20)14(24,25)26/h9-10H,3-6H2,1-2H3. The molecule has 17 heteroatoms. The summed E-state index contributed by atoms with van der Waals surface area (Å²) in [5.74, 6) is -15.9. The maximum Gasteiger partial charge on any atom is 0.462 e. The number of hydrogen-bond acceptors (Lipinski definition) is 3. The Morgan fingerprint density at radius 3 is 1.00 bits per heavy atom. The van der Waals surface area contributed by atoms with Gasteiger partial charge >= 0.3 is 36.4 Å². The topological polar surface area (TPSA) is 27.7 Å². The molecule has 0 spiro atoms. The molecule has 0 aromatic heterocycles. The zero-order valence-corrected chi connectivity index (χ0v) is 16.5. The van der Waals surface area contributed by atoms with Gasteiger partial charge in [-0.25, -0.2) is 0 Å². The van der Waals surface area contributed by atoms with E-state index < -0.39 is 73.0 Å². The van der Waals surface area contributed by atoms with Crippen molar-refractivity contribution in [2.75, 3.05) is 0 Å². The lowest BCUT2D eigenvalue weighted by Crippen LogP contribution is -2.55. The normalized spacial score (nSPS) is 16.4. The summed E-state index contributed by atoms with van der Waals surface area (Å²) >= 11 is 0. The van der Waals surface area contributed by atoms with Crippen molar-refractivity contribution in [3.8, 4) is 0 Å². The first-order valence-electron chi connectivity index (χ1n) is 8.45. The molecule has 33 heavy (non-hydrogen) atoms. The molecule has 0 amide bonds. The third-order valence-corrected chi connectivity index (χ3v) is 3.75. The van der Waals surface area contributed by atoms with Crippen LogP contribution < -0.4 is 0 Å². The summed E-state index contributed by atoms with van der Waals surface area (Å²) in [6.07, 6.45) is -32.5. The lowest BCUT2D eigenvalue weighted by atomic mass is 10.2. The van der Waals surface area contributed by atoms with E-state index in [-0.39, 0.29) is 0 Å². The fourth-order valence-electron chi connectivity index (χ4n) is 1.89. The molecule has 0 aromatic rings. The van der Waals surface area contributed by atoms with Crippen LogP contribution in [-0.2, 0) is 14.2 Å². The van der Waals surface area contributed by atoms with Crippen LogP contribution in [0.2, 0.25) is 0 Å². The molecule has 0 radical (unpaired) electrons. The first-order valence-corrected chi connectivity index (χ1v) is 8.45. The summed E-state index contributed by atoms with van der Waals surface area (Å²) < 4.78 is 190. The highest BCUT2D eigenvalue weighted by Crippen LogP contribution is 2.49. The highest BCUT2D eigenvalue weighted by molar-refractivity contribution is 5.04. The monoisotopic (exact) mass is 522 g/mol. The van der Waals surface area contributed by atoms with Crippen LogP contribution in [0.4, 0.5) is 61.5 Å². The van der Waals surface area contributed by atoms with Crippen LogP contribution in [0.5, 0.6) is 0 Å². The average molecular weight is 522 g/mol. The van der Waals surface area contributed by atoms with Gasteiger partial charge in [-0.1, -0.05) is 27.0 Å². The molecule has 0 heterocycles. The van der Waals surface area contributed by atoms with Crippen molar-refractivity contribution in [3.05, 3.63) is 24.7 Å². The first-order chi connectivity index (χ1) is 14.4. The van der Waals surface area contributed by atoms with E-state index in [1.165, 1.54) is 0 Å². The molecule has 0 aromatic carbocycles. The summed E-state index contributed by atoms with van der Waals surface area (Å²) in [6.45, 7) is 7.51. The van der Waals surface area contributed by atoms with Gasteiger partial charge in [-0.05, 0) is 12.8 Å². The zero-order chi connectivity index (χ0) is 26.8. The van der Waals surface area contributed by atoms with E-state index in [0.29, 0.717) is 0 Å². The van der Waals surface area contributed by atoms with Crippen molar-refractivity contribution >= 4 is 0 Å². The van der Waals surface area contributed by atoms with Gasteiger partial charge in [-0.2, -0.15) is 61.5 Å². The molecule has 3 nitrogen and oxygen atoms in total. The summed E-state index contributed by atoms with van der Waals surface area (Å²) in [5.41, 5.74) is 0. The zero-order valence-electron chi connectivity index (χ0n) is 16.5. The van der Waals surface area contributed by atoms with Gasteiger partial charge in [0.25, 0.3) is 0 Å². The number of ether oxygens (including phenoxy) is 3. The molecule has 0 rings (SSSR count). The fourth-order valence-corrected chi connectivity index (χ4v) is 1.89. The molecule has 0 saturated heterocycles. The summed E-state index contributed by atoms with van der Waals surface area (Å²) in [7, 11) is 0. The molecule has 0 saturated carbocycles. The van der Waals surface area contributed by atoms with Crippen LogP contribution >= 0.6 is 0 Å². The molecule has 196 valence electrons. The van der Waals surface area contributed by atoms with Crippen molar-refractivity contribution in [2.24, 2.45) is 0 Å². The lowest BCUT2D eigenvalue weighted by molar-refractivity contribution is -0.431. The molecular weight excluding hydrogens is 506 g/mol. The average Bonchev–Trinajstić information content (AvgIpc) is 2.61. The first kappa shape index (κ1) is 31.2. The van der Waals surface area contributed by atoms with Crippen molar-refractivity contribution in [3.63, 3.8) is 0 Å². The second kappa shape index (κ2) is 9.84. The Morgan fingerprint density at radius 2 is 0.818 bits per heavy atom. The molecule has 0 aliphatic rings. The second-order valence-corrected chi connectivity index (χ2v) is 6.24. The van der Waals surface area contributed by atoms with E-state index in [0.717, 1.165) is 13.8 Å². The predicted octanol–water partition coefficient (Wildman–Crippen LogP) is 7.20. The molecule has 0 bridgehead atoms. The van der Waals surface area contributed by atoms with Gasteiger partial charge in [-0.15, -0.1) is 0 Å². The quantitative estimate of drug-likeness (QED) is 0.201. The number of alkyl halides is 14. The lowest BCUT2D eigenvalue weighted by Gasteiger charge is -2.33. The smallest absolute Gasteiger partial charge is 0.462 e. The minimum Gasteiger partial charge on any atom is -0.462 e. The van der Waals surface area contributed by atoms with Crippen molar-refractivity contribution < 1.29 is 75.7 Å².